The van der Waals surface area contributed by atoms with Crippen molar-refractivity contribution in [2.24, 2.45) is 0 Å². The number of hydrogen-bond acceptors (Lipinski definition) is 4. The van der Waals surface area contributed by atoms with E-state index < -0.39 is 11.9 Å². The van der Waals surface area contributed by atoms with E-state index in [1.807, 2.05) is 0 Å². The molecule has 5 heteroatoms. The Bertz CT molecular complexity index is 427. The molecule has 5 nitrogen and oxygen atoms in total. The van der Waals surface area contributed by atoms with Crippen LogP contribution in [-0.4, -0.2) is 25.0 Å². The zero-order valence-electron chi connectivity index (χ0n) is 9.02. The molecule has 0 aliphatic carbocycles. The molecule has 1 unspecified atom stereocenters. The standard InChI is InChI=1S/C11H12O5/c1-6(11(12)13)7-3-4-8-10(9(7)14-2)16-5-15-8/h3-4,6H,5H2,1-2H3,(H,12,13). The molecule has 0 bridgehead atoms. The first kappa shape index (κ1) is 10.6. The molecule has 0 amide bonds. The summed E-state index contributed by atoms with van der Waals surface area (Å²) in [6.45, 7) is 1.74. The number of hydrogen-bond donors (Lipinski definition) is 1. The average Bonchev–Trinajstić information content (AvgIpc) is 2.74. The lowest BCUT2D eigenvalue weighted by Crippen LogP contribution is -2.09. The number of benzene rings is 1. The smallest absolute Gasteiger partial charge is 0.310 e. The molecule has 0 saturated heterocycles. The van der Waals surface area contributed by atoms with Gasteiger partial charge in [0, 0.05) is 5.56 Å². The summed E-state index contributed by atoms with van der Waals surface area (Å²) in [5.74, 6) is -0.0576. The van der Waals surface area contributed by atoms with Crippen molar-refractivity contribution >= 4 is 5.97 Å². The molecule has 1 aromatic rings. The molecule has 1 atom stereocenters. The number of carboxylic acid groups (broad SMARTS) is 1. The summed E-state index contributed by atoms with van der Waals surface area (Å²) in [5.41, 5.74) is 0.583. The summed E-state index contributed by atoms with van der Waals surface area (Å²) in [6.07, 6.45) is 0. The fourth-order valence-electron chi connectivity index (χ4n) is 1.65. The van der Waals surface area contributed by atoms with E-state index >= 15 is 0 Å². The number of methoxy groups -OCH3 is 1. The van der Waals surface area contributed by atoms with E-state index in [0.29, 0.717) is 22.8 Å². The highest BCUT2D eigenvalue weighted by molar-refractivity contribution is 5.78. The van der Waals surface area contributed by atoms with Crippen molar-refractivity contribution in [3.8, 4) is 17.2 Å². The number of carbonyl (C=O) groups is 1. The Morgan fingerprint density at radius 3 is 2.88 bits per heavy atom. The lowest BCUT2D eigenvalue weighted by Gasteiger charge is -2.13. The van der Waals surface area contributed by atoms with Gasteiger partial charge in [-0.1, -0.05) is 6.07 Å². The molecule has 1 aliphatic heterocycles. The van der Waals surface area contributed by atoms with Gasteiger partial charge in [-0.15, -0.1) is 0 Å². The number of fused-ring (bicyclic) bond motifs is 1. The molecule has 0 saturated carbocycles. The summed E-state index contributed by atoms with van der Waals surface area (Å²) in [6, 6.07) is 3.38. The maximum Gasteiger partial charge on any atom is 0.310 e. The van der Waals surface area contributed by atoms with Crippen LogP contribution >= 0.6 is 0 Å². The van der Waals surface area contributed by atoms with E-state index in [1.165, 1.54) is 7.11 Å². The normalized spacial score (nSPS) is 14.6. The second-order valence-electron chi connectivity index (χ2n) is 3.48. The second-order valence-corrected chi connectivity index (χ2v) is 3.48. The van der Waals surface area contributed by atoms with Crippen LogP contribution in [0.4, 0.5) is 0 Å². The zero-order valence-corrected chi connectivity index (χ0v) is 9.02. The predicted octanol–water partition coefficient (Wildman–Crippen LogP) is 1.61. The minimum Gasteiger partial charge on any atom is -0.492 e. The first-order valence-corrected chi connectivity index (χ1v) is 4.84. The molecule has 1 heterocycles. The Morgan fingerprint density at radius 1 is 1.50 bits per heavy atom. The molecule has 0 aromatic heterocycles. The van der Waals surface area contributed by atoms with Gasteiger partial charge < -0.3 is 19.3 Å². The highest BCUT2D eigenvalue weighted by Crippen LogP contribution is 2.45. The van der Waals surface area contributed by atoms with Gasteiger partial charge in [0.05, 0.1) is 13.0 Å². The first-order valence-electron chi connectivity index (χ1n) is 4.84. The number of ether oxygens (including phenoxy) is 3. The van der Waals surface area contributed by atoms with Crippen LogP contribution in [0.3, 0.4) is 0 Å². The lowest BCUT2D eigenvalue weighted by molar-refractivity contribution is -0.138. The van der Waals surface area contributed by atoms with Crippen LogP contribution in [0.5, 0.6) is 17.2 Å². The minimum atomic E-state index is -0.905. The van der Waals surface area contributed by atoms with E-state index in [9.17, 15) is 4.79 Å². The van der Waals surface area contributed by atoms with Crippen LogP contribution in [-0.2, 0) is 4.79 Å². The lowest BCUT2D eigenvalue weighted by atomic mass is 9.99. The Kier molecular flexibility index (Phi) is 2.60. The molecule has 0 fully saturated rings. The van der Waals surface area contributed by atoms with E-state index in [0.717, 1.165) is 0 Å². The van der Waals surface area contributed by atoms with E-state index in [4.69, 9.17) is 19.3 Å². The van der Waals surface area contributed by atoms with Gasteiger partial charge >= 0.3 is 5.97 Å². The van der Waals surface area contributed by atoms with Crippen LogP contribution in [0, 0.1) is 0 Å². The Hall–Kier alpha value is -1.91. The molecule has 86 valence electrons. The van der Waals surface area contributed by atoms with Crippen molar-refractivity contribution < 1.29 is 24.1 Å². The molecule has 1 aromatic carbocycles. The summed E-state index contributed by atoms with van der Waals surface area (Å²) in [4.78, 5) is 10.9. The molecule has 0 spiro atoms. The van der Waals surface area contributed by atoms with E-state index in [1.54, 1.807) is 19.1 Å². The number of aliphatic carboxylic acids is 1. The van der Waals surface area contributed by atoms with Crippen LogP contribution in [0.2, 0.25) is 0 Å². The van der Waals surface area contributed by atoms with Crippen LogP contribution < -0.4 is 14.2 Å². The van der Waals surface area contributed by atoms with Gasteiger partial charge in [0.25, 0.3) is 0 Å². The van der Waals surface area contributed by atoms with Crippen molar-refractivity contribution in [3.63, 3.8) is 0 Å². The zero-order chi connectivity index (χ0) is 11.7. The van der Waals surface area contributed by atoms with Crippen LogP contribution in [0.15, 0.2) is 12.1 Å². The van der Waals surface area contributed by atoms with Gasteiger partial charge in [-0.3, -0.25) is 4.79 Å². The monoisotopic (exact) mass is 224 g/mol. The highest BCUT2D eigenvalue weighted by atomic mass is 16.7. The fourth-order valence-corrected chi connectivity index (χ4v) is 1.65. The second kappa shape index (κ2) is 3.92. The third kappa shape index (κ3) is 1.54. The Balaban J connectivity index is 2.50. The van der Waals surface area contributed by atoms with Gasteiger partial charge in [-0.05, 0) is 13.0 Å². The van der Waals surface area contributed by atoms with Gasteiger partial charge in [-0.25, -0.2) is 0 Å². The summed E-state index contributed by atoms with van der Waals surface area (Å²) < 4.78 is 15.6. The van der Waals surface area contributed by atoms with Gasteiger partial charge in [0.15, 0.2) is 11.5 Å². The van der Waals surface area contributed by atoms with Gasteiger partial charge in [0.2, 0.25) is 12.5 Å². The summed E-state index contributed by atoms with van der Waals surface area (Å²) >= 11 is 0. The van der Waals surface area contributed by atoms with Crippen molar-refractivity contribution in [1.82, 2.24) is 0 Å². The van der Waals surface area contributed by atoms with Gasteiger partial charge in [0.1, 0.15) is 0 Å². The Morgan fingerprint density at radius 2 is 2.25 bits per heavy atom. The van der Waals surface area contributed by atoms with Crippen molar-refractivity contribution in [2.75, 3.05) is 13.9 Å². The van der Waals surface area contributed by atoms with Crippen molar-refractivity contribution in [1.29, 1.82) is 0 Å². The van der Waals surface area contributed by atoms with Crippen LogP contribution in [0.25, 0.3) is 0 Å². The molecule has 1 aliphatic rings. The Labute approximate surface area is 92.5 Å². The van der Waals surface area contributed by atoms with Crippen molar-refractivity contribution in [2.45, 2.75) is 12.8 Å². The third-order valence-electron chi connectivity index (χ3n) is 2.57. The maximum absolute atomic E-state index is 10.9. The third-order valence-corrected chi connectivity index (χ3v) is 2.57. The summed E-state index contributed by atoms with van der Waals surface area (Å²) in [7, 11) is 1.48. The molecule has 16 heavy (non-hydrogen) atoms. The van der Waals surface area contributed by atoms with E-state index in [-0.39, 0.29) is 6.79 Å². The molecular weight excluding hydrogens is 212 g/mol. The SMILES string of the molecule is COc1c(C(C)C(=O)O)ccc2c1OCO2. The maximum atomic E-state index is 10.9. The molecule has 1 N–H and O–H groups in total. The quantitative estimate of drug-likeness (QED) is 0.844. The molecule has 2 rings (SSSR count). The number of carboxylic acids is 1. The minimum absolute atomic E-state index is 0.136. The predicted molar refractivity (Wildman–Crippen MR) is 55.2 cm³/mol. The molecular formula is C11H12O5. The van der Waals surface area contributed by atoms with Crippen molar-refractivity contribution in [3.05, 3.63) is 17.7 Å². The topological polar surface area (TPSA) is 65.0 Å². The average molecular weight is 224 g/mol. The van der Waals surface area contributed by atoms with Crippen LogP contribution in [0.1, 0.15) is 18.4 Å². The molecule has 0 radical (unpaired) electrons. The summed E-state index contributed by atoms with van der Waals surface area (Å²) in [5, 5.41) is 8.98. The largest absolute Gasteiger partial charge is 0.492 e. The first-order chi connectivity index (χ1) is 7.65. The fraction of sp³-hybridized carbons (Fsp3) is 0.364. The highest BCUT2D eigenvalue weighted by Gasteiger charge is 2.26. The number of rotatable bonds is 3. The van der Waals surface area contributed by atoms with E-state index in [2.05, 4.69) is 0 Å². The van der Waals surface area contributed by atoms with Gasteiger partial charge in [-0.2, -0.15) is 0 Å².